The minimum Gasteiger partial charge on any atom is -0.379 e. The molecule has 1 amide bonds. The summed E-state index contributed by atoms with van der Waals surface area (Å²) in [6, 6.07) is 6.61. The average molecular weight is 278 g/mol. The lowest BCUT2D eigenvalue weighted by atomic mass is 9.97. The molecule has 3 rings (SSSR count). The third kappa shape index (κ3) is 2.69. The molecule has 1 unspecified atom stereocenters. The van der Waals surface area contributed by atoms with Crippen molar-refractivity contribution in [1.29, 1.82) is 0 Å². The minimum atomic E-state index is -0.907. The van der Waals surface area contributed by atoms with E-state index in [-0.39, 0.29) is 24.4 Å². The van der Waals surface area contributed by atoms with Crippen LogP contribution in [-0.4, -0.2) is 35.6 Å². The second-order valence-electron chi connectivity index (χ2n) is 5.75. The average Bonchev–Trinajstić information content (AvgIpc) is 3.17. The van der Waals surface area contributed by atoms with Gasteiger partial charge >= 0.3 is 0 Å². The highest BCUT2D eigenvalue weighted by molar-refractivity contribution is 5.87. The van der Waals surface area contributed by atoms with Crippen LogP contribution < -0.4 is 5.73 Å². The highest BCUT2D eigenvalue weighted by atomic mass is 19.1. The molecular formula is C15H19FN2O2. The number of nitrogens with zero attached hydrogens (tertiary/aromatic N) is 1. The van der Waals surface area contributed by atoms with Gasteiger partial charge in [-0.25, -0.2) is 4.39 Å². The van der Waals surface area contributed by atoms with Crippen LogP contribution in [0.2, 0.25) is 0 Å². The van der Waals surface area contributed by atoms with E-state index in [9.17, 15) is 9.18 Å². The van der Waals surface area contributed by atoms with E-state index in [0.29, 0.717) is 19.6 Å². The highest BCUT2D eigenvalue weighted by Crippen LogP contribution is 2.31. The zero-order valence-corrected chi connectivity index (χ0v) is 11.3. The number of hydrogen-bond donors (Lipinski definition) is 1. The predicted molar refractivity (Wildman–Crippen MR) is 72.3 cm³/mol. The highest BCUT2D eigenvalue weighted by Gasteiger charge is 2.45. The van der Waals surface area contributed by atoms with Crippen molar-refractivity contribution < 1.29 is 13.9 Å². The van der Waals surface area contributed by atoms with E-state index in [0.717, 1.165) is 18.4 Å². The van der Waals surface area contributed by atoms with Crippen LogP contribution in [0.25, 0.3) is 0 Å². The molecule has 0 spiro atoms. The van der Waals surface area contributed by atoms with Crippen LogP contribution in [0, 0.1) is 5.82 Å². The van der Waals surface area contributed by atoms with Gasteiger partial charge in [-0.1, -0.05) is 12.1 Å². The summed E-state index contributed by atoms with van der Waals surface area (Å²) < 4.78 is 18.5. The lowest BCUT2D eigenvalue weighted by molar-refractivity contribution is -0.138. The zero-order valence-electron chi connectivity index (χ0n) is 11.3. The SMILES string of the molecule is NC1(C(=O)N(Cc2cccc(F)c2)C2CC2)CCOC1. The monoisotopic (exact) mass is 278 g/mol. The van der Waals surface area contributed by atoms with Crippen molar-refractivity contribution in [2.45, 2.75) is 37.4 Å². The van der Waals surface area contributed by atoms with Gasteiger partial charge in [-0.15, -0.1) is 0 Å². The molecule has 1 heterocycles. The smallest absolute Gasteiger partial charge is 0.245 e. The Morgan fingerprint density at radius 3 is 2.90 bits per heavy atom. The molecule has 1 aliphatic carbocycles. The molecule has 1 aromatic rings. The summed E-state index contributed by atoms with van der Waals surface area (Å²) in [5.74, 6) is -0.348. The van der Waals surface area contributed by atoms with Crippen molar-refractivity contribution >= 4 is 5.91 Å². The van der Waals surface area contributed by atoms with Crippen LogP contribution in [-0.2, 0) is 16.1 Å². The summed E-state index contributed by atoms with van der Waals surface area (Å²) in [5.41, 5.74) is 6.05. The van der Waals surface area contributed by atoms with E-state index in [1.54, 1.807) is 11.0 Å². The van der Waals surface area contributed by atoms with E-state index in [4.69, 9.17) is 10.5 Å². The van der Waals surface area contributed by atoms with Crippen molar-refractivity contribution in [3.05, 3.63) is 35.6 Å². The van der Waals surface area contributed by atoms with Crippen LogP contribution in [0.5, 0.6) is 0 Å². The molecule has 108 valence electrons. The maximum Gasteiger partial charge on any atom is 0.245 e. The molecular weight excluding hydrogens is 259 g/mol. The number of rotatable bonds is 4. The number of hydrogen-bond acceptors (Lipinski definition) is 3. The lowest BCUT2D eigenvalue weighted by Crippen LogP contribution is -2.56. The second-order valence-corrected chi connectivity index (χ2v) is 5.75. The van der Waals surface area contributed by atoms with E-state index < -0.39 is 5.54 Å². The first-order chi connectivity index (χ1) is 9.58. The summed E-state index contributed by atoms with van der Waals surface area (Å²) in [5, 5.41) is 0. The fourth-order valence-corrected chi connectivity index (χ4v) is 2.62. The van der Waals surface area contributed by atoms with Gasteiger partial charge in [0.15, 0.2) is 0 Å². The van der Waals surface area contributed by atoms with Gasteiger partial charge in [-0.3, -0.25) is 4.79 Å². The van der Waals surface area contributed by atoms with E-state index in [1.165, 1.54) is 12.1 Å². The molecule has 2 aliphatic rings. The van der Waals surface area contributed by atoms with Crippen molar-refractivity contribution in [1.82, 2.24) is 4.90 Å². The molecule has 4 nitrogen and oxygen atoms in total. The Morgan fingerprint density at radius 2 is 2.30 bits per heavy atom. The summed E-state index contributed by atoms with van der Waals surface area (Å²) in [6.07, 6.45) is 2.55. The molecule has 2 N–H and O–H groups in total. The fraction of sp³-hybridized carbons (Fsp3) is 0.533. The van der Waals surface area contributed by atoms with Gasteiger partial charge < -0.3 is 15.4 Å². The van der Waals surface area contributed by atoms with Crippen LogP contribution in [0.4, 0.5) is 4.39 Å². The van der Waals surface area contributed by atoms with Gasteiger partial charge in [-0.2, -0.15) is 0 Å². The maximum atomic E-state index is 13.3. The summed E-state index contributed by atoms with van der Waals surface area (Å²) in [7, 11) is 0. The first-order valence-corrected chi connectivity index (χ1v) is 7.01. The Balaban J connectivity index is 1.77. The van der Waals surface area contributed by atoms with Crippen molar-refractivity contribution in [2.24, 2.45) is 5.73 Å². The first-order valence-electron chi connectivity index (χ1n) is 7.01. The molecule has 0 bridgehead atoms. The first kappa shape index (κ1) is 13.5. The molecule has 1 atom stereocenters. The van der Waals surface area contributed by atoms with E-state index in [2.05, 4.69) is 0 Å². The number of amides is 1. The standard InChI is InChI=1S/C15H19FN2O2/c16-12-3-1-2-11(8-12)9-18(13-4-5-13)14(19)15(17)6-7-20-10-15/h1-3,8,13H,4-7,9-10,17H2. The number of nitrogens with two attached hydrogens (primary N) is 1. The molecule has 0 radical (unpaired) electrons. The zero-order chi connectivity index (χ0) is 14.2. The number of ether oxygens (including phenoxy) is 1. The van der Waals surface area contributed by atoms with Gasteiger partial charge in [0.1, 0.15) is 11.4 Å². The molecule has 20 heavy (non-hydrogen) atoms. The summed E-state index contributed by atoms with van der Waals surface area (Å²) in [6.45, 7) is 1.22. The van der Waals surface area contributed by atoms with Gasteiger partial charge in [0.25, 0.3) is 0 Å². The number of benzene rings is 1. The Bertz CT molecular complexity index is 510. The minimum absolute atomic E-state index is 0.0678. The molecule has 1 aliphatic heterocycles. The third-order valence-electron chi connectivity index (χ3n) is 3.97. The number of halogens is 1. The van der Waals surface area contributed by atoms with Crippen LogP contribution in [0.1, 0.15) is 24.8 Å². The number of carbonyl (C=O) groups excluding carboxylic acids is 1. The third-order valence-corrected chi connectivity index (χ3v) is 3.97. The van der Waals surface area contributed by atoms with Crippen LogP contribution >= 0.6 is 0 Å². The van der Waals surface area contributed by atoms with Gasteiger partial charge in [0, 0.05) is 19.2 Å². The maximum absolute atomic E-state index is 13.3. The Kier molecular flexibility index (Phi) is 3.48. The van der Waals surface area contributed by atoms with Gasteiger partial charge in [0.2, 0.25) is 5.91 Å². The normalized spacial score (nSPS) is 25.7. The quantitative estimate of drug-likeness (QED) is 0.906. The Hall–Kier alpha value is -1.46. The molecule has 1 saturated heterocycles. The van der Waals surface area contributed by atoms with Crippen LogP contribution in [0.15, 0.2) is 24.3 Å². The molecule has 2 fully saturated rings. The lowest BCUT2D eigenvalue weighted by Gasteiger charge is -2.31. The predicted octanol–water partition coefficient (Wildman–Crippen LogP) is 1.43. The van der Waals surface area contributed by atoms with Crippen molar-refractivity contribution in [3.8, 4) is 0 Å². The van der Waals surface area contributed by atoms with Gasteiger partial charge in [-0.05, 0) is 37.0 Å². The Labute approximate surface area is 117 Å². The number of carbonyl (C=O) groups is 1. The molecule has 0 aromatic heterocycles. The van der Waals surface area contributed by atoms with E-state index >= 15 is 0 Å². The molecule has 5 heteroatoms. The molecule has 1 saturated carbocycles. The topological polar surface area (TPSA) is 55.6 Å². The summed E-state index contributed by atoms with van der Waals surface area (Å²) in [4.78, 5) is 14.5. The largest absolute Gasteiger partial charge is 0.379 e. The van der Waals surface area contributed by atoms with Crippen molar-refractivity contribution in [2.75, 3.05) is 13.2 Å². The fourth-order valence-electron chi connectivity index (χ4n) is 2.62. The van der Waals surface area contributed by atoms with Crippen molar-refractivity contribution in [3.63, 3.8) is 0 Å². The van der Waals surface area contributed by atoms with Crippen LogP contribution in [0.3, 0.4) is 0 Å². The Morgan fingerprint density at radius 1 is 1.50 bits per heavy atom. The van der Waals surface area contributed by atoms with E-state index in [1.807, 2.05) is 6.07 Å². The molecule has 1 aromatic carbocycles. The second kappa shape index (κ2) is 5.14. The summed E-state index contributed by atoms with van der Waals surface area (Å²) >= 11 is 0. The van der Waals surface area contributed by atoms with Gasteiger partial charge in [0.05, 0.1) is 6.61 Å².